The normalized spacial score (nSPS) is 21.3. The Kier molecular flexibility index (Phi) is 3.40. The molecule has 0 bridgehead atoms. The van der Waals surface area contributed by atoms with Crippen molar-refractivity contribution in [1.29, 1.82) is 0 Å². The monoisotopic (exact) mass is 264 g/mol. The third kappa shape index (κ3) is 2.45. The predicted molar refractivity (Wildman–Crippen MR) is 69.7 cm³/mol. The molecule has 0 saturated carbocycles. The fraction of sp³-hybridized carbons (Fsp3) is 0.500. The lowest BCUT2D eigenvalue weighted by Crippen LogP contribution is -2.44. The summed E-state index contributed by atoms with van der Waals surface area (Å²) in [6.07, 6.45) is 0.731. The number of hydrogen-bond acceptors (Lipinski definition) is 6. The van der Waals surface area contributed by atoms with Crippen molar-refractivity contribution in [1.82, 2.24) is 20.4 Å². The average molecular weight is 264 g/mol. The minimum atomic E-state index is 0.222. The Bertz CT molecular complexity index is 496. The standard InChI is InChI=1S/C12H16N4OS/c1-16-5-4-13-8-10(16)12-14-11(17-15-12)7-9-3-2-6-18-9/h2-3,6,10,13H,4-5,7-8H2,1H3. The van der Waals surface area contributed by atoms with Crippen molar-refractivity contribution in [2.75, 3.05) is 26.7 Å². The Morgan fingerprint density at radius 1 is 1.61 bits per heavy atom. The smallest absolute Gasteiger partial charge is 0.231 e. The molecule has 3 rings (SSSR count). The second-order valence-corrected chi connectivity index (χ2v) is 5.54. The van der Waals surface area contributed by atoms with E-state index in [0.717, 1.165) is 31.9 Å². The molecule has 1 N–H and O–H groups in total. The van der Waals surface area contributed by atoms with Gasteiger partial charge in [-0.05, 0) is 18.5 Å². The maximum Gasteiger partial charge on any atom is 0.231 e. The molecule has 0 radical (unpaired) electrons. The fourth-order valence-electron chi connectivity index (χ4n) is 2.13. The van der Waals surface area contributed by atoms with Crippen molar-refractivity contribution in [2.45, 2.75) is 12.5 Å². The molecule has 0 spiro atoms. The maximum absolute atomic E-state index is 5.33. The Hall–Kier alpha value is -1.24. The van der Waals surface area contributed by atoms with Gasteiger partial charge in [0.25, 0.3) is 0 Å². The number of nitrogens with zero attached hydrogens (tertiary/aromatic N) is 3. The molecule has 5 nitrogen and oxygen atoms in total. The van der Waals surface area contributed by atoms with E-state index in [2.05, 4.69) is 38.9 Å². The zero-order valence-corrected chi connectivity index (χ0v) is 11.1. The number of aromatic nitrogens is 2. The van der Waals surface area contributed by atoms with E-state index in [9.17, 15) is 0 Å². The van der Waals surface area contributed by atoms with E-state index in [1.165, 1.54) is 4.88 Å². The van der Waals surface area contributed by atoms with Gasteiger partial charge in [0, 0.05) is 24.5 Å². The lowest BCUT2D eigenvalue weighted by atomic mass is 10.2. The minimum Gasteiger partial charge on any atom is -0.339 e. The van der Waals surface area contributed by atoms with E-state index in [0.29, 0.717) is 5.89 Å². The van der Waals surface area contributed by atoms with Crippen LogP contribution < -0.4 is 5.32 Å². The molecule has 2 aromatic heterocycles. The van der Waals surface area contributed by atoms with E-state index in [-0.39, 0.29) is 6.04 Å². The molecule has 1 fully saturated rings. The van der Waals surface area contributed by atoms with Gasteiger partial charge in [-0.25, -0.2) is 0 Å². The SMILES string of the molecule is CN1CCNCC1c1noc(Cc2cccs2)n1. The first-order valence-corrected chi connectivity index (χ1v) is 6.97. The first-order chi connectivity index (χ1) is 8.83. The van der Waals surface area contributed by atoms with Crippen LogP contribution in [0, 0.1) is 0 Å². The second kappa shape index (κ2) is 5.17. The number of hydrogen-bond donors (Lipinski definition) is 1. The van der Waals surface area contributed by atoms with Crippen LogP contribution in [0.15, 0.2) is 22.0 Å². The first kappa shape index (κ1) is 11.8. The van der Waals surface area contributed by atoms with Gasteiger partial charge in [-0.2, -0.15) is 4.98 Å². The number of nitrogens with one attached hydrogen (secondary N) is 1. The third-order valence-electron chi connectivity index (χ3n) is 3.20. The van der Waals surface area contributed by atoms with Crippen molar-refractivity contribution >= 4 is 11.3 Å². The maximum atomic E-state index is 5.33. The summed E-state index contributed by atoms with van der Waals surface area (Å²) >= 11 is 1.71. The van der Waals surface area contributed by atoms with Crippen LogP contribution >= 0.6 is 11.3 Å². The summed E-state index contributed by atoms with van der Waals surface area (Å²) in [6, 6.07) is 4.35. The van der Waals surface area contributed by atoms with Gasteiger partial charge in [-0.15, -0.1) is 11.3 Å². The summed E-state index contributed by atoms with van der Waals surface area (Å²) in [5, 5.41) is 9.53. The topological polar surface area (TPSA) is 54.2 Å². The molecule has 1 aliphatic heterocycles. The highest BCUT2D eigenvalue weighted by Crippen LogP contribution is 2.19. The first-order valence-electron chi connectivity index (χ1n) is 6.09. The van der Waals surface area contributed by atoms with Crippen LogP contribution in [-0.2, 0) is 6.42 Å². The van der Waals surface area contributed by atoms with Crippen molar-refractivity contribution in [2.24, 2.45) is 0 Å². The van der Waals surface area contributed by atoms with Crippen LogP contribution in [-0.4, -0.2) is 41.7 Å². The largest absolute Gasteiger partial charge is 0.339 e. The summed E-state index contributed by atoms with van der Waals surface area (Å²) in [5.41, 5.74) is 0. The van der Waals surface area contributed by atoms with Crippen molar-refractivity contribution in [3.8, 4) is 0 Å². The lowest BCUT2D eigenvalue weighted by Gasteiger charge is -2.30. The highest BCUT2D eigenvalue weighted by molar-refractivity contribution is 7.09. The molecule has 96 valence electrons. The van der Waals surface area contributed by atoms with Crippen LogP contribution in [0.5, 0.6) is 0 Å². The van der Waals surface area contributed by atoms with Gasteiger partial charge in [-0.3, -0.25) is 4.90 Å². The zero-order chi connectivity index (χ0) is 12.4. The Morgan fingerprint density at radius 3 is 3.33 bits per heavy atom. The van der Waals surface area contributed by atoms with Crippen LogP contribution in [0.25, 0.3) is 0 Å². The van der Waals surface area contributed by atoms with E-state index in [1.54, 1.807) is 11.3 Å². The van der Waals surface area contributed by atoms with Crippen LogP contribution in [0.3, 0.4) is 0 Å². The van der Waals surface area contributed by atoms with Gasteiger partial charge in [-0.1, -0.05) is 11.2 Å². The number of thiophene rings is 1. The molecule has 0 aromatic carbocycles. The fourth-order valence-corrected chi connectivity index (χ4v) is 2.83. The molecular weight excluding hydrogens is 248 g/mol. The molecule has 2 aromatic rings. The average Bonchev–Trinajstić information content (AvgIpc) is 3.02. The van der Waals surface area contributed by atoms with Gasteiger partial charge in [0.15, 0.2) is 5.82 Å². The quantitative estimate of drug-likeness (QED) is 0.905. The van der Waals surface area contributed by atoms with Crippen LogP contribution in [0.2, 0.25) is 0 Å². The zero-order valence-electron chi connectivity index (χ0n) is 10.3. The number of piperazine rings is 1. The van der Waals surface area contributed by atoms with E-state index in [1.807, 2.05) is 6.07 Å². The lowest BCUT2D eigenvalue weighted by molar-refractivity contribution is 0.190. The molecular formula is C12H16N4OS. The Morgan fingerprint density at radius 2 is 2.56 bits per heavy atom. The molecule has 1 atom stereocenters. The van der Waals surface area contributed by atoms with E-state index < -0.39 is 0 Å². The minimum absolute atomic E-state index is 0.222. The van der Waals surface area contributed by atoms with Crippen LogP contribution in [0.1, 0.15) is 22.6 Å². The van der Waals surface area contributed by atoms with Gasteiger partial charge in [0.05, 0.1) is 12.5 Å². The Labute approximate surface area is 110 Å². The van der Waals surface area contributed by atoms with Crippen molar-refractivity contribution in [3.05, 3.63) is 34.1 Å². The molecule has 0 aliphatic carbocycles. The molecule has 18 heavy (non-hydrogen) atoms. The van der Waals surface area contributed by atoms with Gasteiger partial charge in [0.2, 0.25) is 5.89 Å². The predicted octanol–water partition coefficient (Wildman–Crippen LogP) is 1.30. The number of likely N-dealkylation sites (N-methyl/N-ethyl adjacent to an activating group) is 1. The van der Waals surface area contributed by atoms with Crippen molar-refractivity contribution < 1.29 is 4.52 Å². The van der Waals surface area contributed by atoms with Gasteiger partial charge in [0.1, 0.15) is 0 Å². The molecule has 3 heterocycles. The summed E-state index contributed by atoms with van der Waals surface area (Å²) < 4.78 is 5.33. The summed E-state index contributed by atoms with van der Waals surface area (Å²) in [5.74, 6) is 1.49. The van der Waals surface area contributed by atoms with Gasteiger partial charge < -0.3 is 9.84 Å². The molecule has 0 amide bonds. The molecule has 1 aliphatic rings. The van der Waals surface area contributed by atoms with E-state index >= 15 is 0 Å². The highest BCUT2D eigenvalue weighted by atomic mass is 32.1. The molecule has 1 saturated heterocycles. The molecule has 6 heteroatoms. The van der Waals surface area contributed by atoms with Gasteiger partial charge >= 0.3 is 0 Å². The molecule has 1 unspecified atom stereocenters. The van der Waals surface area contributed by atoms with E-state index in [4.69, 9.17) is 4.52 Å². The van der Waals surface area contributed by atoms with Crippen molar-refractivity contribution in [3.63, 3.8) is 0 Å². The second-order valence-electron chi connectivity index (χ2n) is 4.50. The Balaban J connectivity index is 1.72. The third-order valence-corrected chi connectivity index (χ3v) is 4.07. The number of rotatable bonds is 3. The van der Waals surface area contributed by atoms with Crippen LogP contribution in [0.4, 0.5) is 0 Å². The summed E-state index contributed by atoms with van der Waals surface area (Å²) in [4.78, 5) is 8.02. The highest BCUT2D eigenvalue weighted by Gasteiger charge is 2.25. The summed E-state index contributed by atoms with van der Waals surface area (Å²) in [6.45, 7) is 2.92. The summed E-state index contributed by atoms with van der Waals surface area (Å²) in [7, 11) is 2.10.